The van der Waals surface area contributed by atoms with Crippen LogP contribution in [0.2, 0.25) is 0 Å². The molecule has 98 valence electrons. The molecule has 0 aromatic carbocycles. The van der Waals surface area contributed by atoms with Crippen LogP contribution in [0.4, 0.5) is 0 Å². The number of nitrogens with one attached hydrogen (secondary N) is 1. The fraction of sp³-hybridized carbons (Fsp3) is 0.500. The first-order valence-corrected chi connectivity index (χ1v) is 6.35. The van der Waals surface area contributed by atoms with Crippen molar-refractivity contribution in [3.8, 4) is 0 Å². The van der Waals surface area contributed by atoms with E-state index in [9.17, 15) is 0 Å². The number of hydrogen-bond acceptors (Lipinski definition) is 3. The van der Waals surface area contributed by atoms with E-state index in [1.54, 1.807) is 6.26 Å². The molecule has 0 saturated heterocycles. The van der Waals surface area contributed by atoms with E-state index in [0.29, 0.717) is 6.04 Å². The van der Waals surface area contributed by atoms with Gasteiger partial charge in [0.15, 0.2) is 0 Å². The molecule has 4 nitrogen and oxygen atoms in total. The van der Waals surface area contributed by atoms with Crippen LogP contribution in [0.3, 0.4) is 0 Å². The Labute approximate surface area is 108 Å². The van der Waals surface area contributed by atoms with Gasteiger partial charge in [0, 0.05) is 23.8 Å². The zero-order valence-corrected chi connectivity index (χ0v) is 11.5. The van der Waals surface area contributed by atoms with Gasteiger partial charge in [-0.2, -0.15) is 0 Å². The van der Waals surface area contributed by atoms with Gasteiger partial charge in [0.05, 0.1) is 24.8 Å². The molecule has 0 amide bonds. The first-order valence-electron chi connectivity index (χ1n) is 6.35. The minimum Gasteiger partial charge on any atom is -0.467 e. The number of aromatic nitrogens is 2. The molecule has 0 aliphatic heterocycles. The van der Waals surface area contributed by atoms with Crippen molar-refractivity contribution in [3.63, 3.8) is 0 Å². The Morgan fingerprint density at radius 1 is 1.39 bits per heavy atom. The summed E-state index contributed by atoms with van der Waals surface area (Å²) in [5, 5.41) is 3.41. The first-order chi connectivity index (χ1) is 8.58. The molecule has 18 heavy (non-hydrogen) atoms. The van der Waals surface area contributed by atoms with Gasteiger partial charge < -0.3 is 14.3 Å². The van der Waals surface area contributed by atoms with Crippen LogP contribution in [0.1, 0.15) is 36.6 Å². The first kappa shape index (κ1) is 12.9. The second kappa shape index (κ2) is 5.40. The lowest BCUT2D eigenvalue weighted by atomic mass is 10.2. The minimum absolute atomic E-state index is 0.477. The Morgan fingerprint density at radius 3 is 2.78 bits per heavy atom. The van der Waals surface area contributed by atoms with Crippen LogP contribution in [0, 0.1) is 13.8 Å². The van der Waals surface area contributed by atoms with Crippen molar-refractivity contribution in [3.05, 3.63) is 41.4 Å². The van der Waals surface area contributed by atoms with Crippen molar-refractivity contribution in [1.82, 2.24) is 14.9 Å². The Hall–Kier alpha value is -1.55. The standard InChI is InChI=1S/C14H21N3O/c1-10(2)15-7-13-5-6-18-14(13)8-17-9-16-11(3)12(17)4/h5-6,9-10,15H,7-8H2,1-4H3. The van der Waals surface area contributed by atoms with E-state index in [1.807, 2.05) is 19.3 Å². The summed E-state index contributed by atoms with van der Waals surface area (Å²) < 4.78 is 7.69. The number of furan rings is 1. The molecule has 1 N–H and O–H groups in total. The molecule has 0 atom stereocenters. The molecular weight excluding hydrogens is 226 g/mol. The van der Waals surface area contributed by atoms with Crippen LogP contribution in [0.15, 0.2) is 23.1 Å². The van der Waals surface area contributed by atoms with E-state index in [4.69, 9.17) is 4.42 Å². The van der Waals surface area contributed by atoms with Crippen molar-refractivity contribution < 1.29 is 4.42 Å². The van der Waals surface area contributed by atoms with Crippen molar-refractivity contribution in [1.29, 1.82) is 0 Å². The highest BCUT2D eigenvalue weighted by molar-refractivity contribution is 5.19. The second-order valence-corrected chi connectivity index (χ2v) is 4.95. The van der Waals surface area contributed by atoms with E-state index in [-0.39, 0.29) is 0 Å². The van der Waals surface area contributed by atoms with E-state index in [1.165, 1.54) is 11.3 Å². The monoisotopic (exact) mass is 247 g/mol. The summed E-state index contributed by atoms with van der Waals surface area (Å²) in [6.45, 7) is 9.98. The molecule has 0 unspecified atom stereocenters. The van der Waals surface area contributed by atoms with E-state index in [0.717, 1.165) is 24.5 Å². The largest absolute Gasteiger partial charge is 0.467 e. The van der Waals surface area contributed by atoms with Crippen LogP contribution >= 0.6 is 0 Å². The molecule has 4 heteroatoms. The third kappa shape index (κ3) is 2.82. The summed E-state index contributed by atoms with van der Waals surface area (Å²) in [6.07, 6.45) is 3.62. The van der Waals surface area contributed by atoms with E-state index in [2.05, 4.69) is 35.6 Å². The fourth-order valence-electron chi connectivity index (χ4n) is 1.84. The summed E-state index contributed by atoms with van der Waals surface area (Å²) in [7, 11) is 0. The van der Waals surface area contributed by atoms with E-state index < -0.39 is 0 Å². The van der Waals surface area contributed by atoms with Crippen LogP contribution in [0.25, 0.3) is 0 Å². The molecule has 0 bridgehead atoms. The molecule has 0 fully saturated rings. The lowest BCUT2D eigenvalue weighted by Crippen LogP contribution is -2.22. The quantitative estimate of drug-likeness (QED) is 0.883. The third-order valence-corrected chi connectivity index (χ3v) is 3.20. The Morgan fingerprint density at radius 2 is 2.17 bits per heavy atom. The van der Waals surface area contributed by atoms with Crippen molar-refractivity contribution in [2.24, 2.45) is 0 Å². The molecule has 2 heterocycles. The number of nitrogens with zero attached hydrogens (tertiary/aromatic N) is 2. The summed E-state index contributed by atoms with van der Waals surface area (Å²) >= 11 is 0. The van der Waals surface area contributed by atoms with E-state index >= 15 is 0 Å². The Balaban J connectivity index is 2.10. The normalized spacial score (nSPS) is 11.4. The van der Waals surface area contributed by atoms with Crippen LogP contribution in [-0.2, 0) is 13.1 Å². The van der Waals surface area contributed by atoms with Crippen LogP contribution in [0.5, 0.6) is 0 Å². The zero-order valence-electron chi connectivity index (χ0n) is 11.5. The van der Waals surface area contributed by atoms with Crippen molar-refractivity contribution in [2.45, 2.75) is 46.8 Å². The smallest absolute Gasteiger partial charge is 0.127 e. The summed E-state index contributed by atoms with van der Waals surface area (Å²) in [5.74, 6) is 1.00. The molecule has 0 radical (unpaired) electrons. The zero-order chi connectivity index (χ0) is 13.1. The van der Waals surface area contributed by atoms with Gasteiger partial charge >= 0.3 is 0 Å². The van der Waals surface area contributed by atoms with Crippen LogP contribution < -0.4 is 5.32 Å². The predicted molar refractivity (Wildman–Crippen MR) is 71.5 cm³/mol. The highest BCUT2D eigenvalue weighted by Crippen LogP contribution is 2.14. The Kier molecular flexibility index (Phi) is 3.87. The second-order valence-electron chi connectivity index (χ2n) is 4.95. The maximum atomic E-state index is 5.58. The lowest BCUT2D eigenvalue weighted by Gasteiger charge is -2.09. The van der Waals surface area contributed by atoms with Gasteiger partial charge in [0.2, 0.25) is 0 Å². The maximum absolute atomic E-state index is 5.58. The molecular formula is C14H21N3O. The van der Waals surface area contributed by atoms with Gasteiger partial charge in [0.25, 0.3) is 0 Å². The van der Waals surface area contributed by atoms with Gasteiger partial charge in [-0.15, -0.1) is 0 Å². The Bertz CT molecular complexity index is 511. The average Bonchev–Trinajstić information content (AvgIpc) is 2.88. The molecule has 2 aromatic heterocycles. The minimum atomic E-state index is 0.477. The summed E-state index contributed by atoms with van der Waals surface area (Å²) in [4.78, 5) is 4.31. The SMILES string of the molecule is Cc1ncn(Cc2occc2CNC(C)C)c1C. The number of hydrogen-bond donors (Lipinski definition) is 1. The van der Waals surface area contributed by atoms with Gasteiger partial charge in [-0.05, 0) is 19.9 Å². The lowest BCUT2D eigenvalue weighted by molar-refractivity contribution is 0.480. The van der Waals surface area contributed by atoms with Crippen molar-refractivity contribution in [2.75, 3.05) is 0 Å². The van der Waals surface area contributed by atoms with Gasteiger partial charge in [-0.25, -0.2) is 4.98 Å². The highest BCUT2D eigenvalue weighted by atomic mass is 16.3. The van der Waals surface area contributed by atoms with Crippen LogP contribution in [-0.4, -0.2) is 15.6 Å². The summed E-state index contributed by atoms with van der Waals surface area (Å²) in [6, 6.07) is 2.51. The number of rotatable bonds is 5. The van der Waals surface area contributed by atoms with Gasteiger partial charge in [-0.3, -0.25) is 0 Å². The van der Waals surface area contributed by atoms with Gasteiger partial charge in [0.1, 0.15) is 5.76 Å². The molecule has 2 rings (SSSR count). The number of imidazole rings is 1. The molecule has 2 aromatic rings. The third-order valence-electron chi connectivity index (χ3n) is 3.20. The number of aryl methyl sites for hydroxylation is 1. The molecule has 0 aliphatic carbocycles. The fourth-order valence-corrected chi connectivity index (χ4v) is 1.84. The molecule has 0 saturated carbocycles. The topological polar surface area (TPSA) is 43.0 Å². The molecule has 0 aliphatic rings. The van der Waals surface area contributed by atoms with Crippen molar-refractivity contribution >= 4 is 0 Å². The maximum Gasteiger partial charge on any atom is 0.127 e. The van der Waals surface area contributed by atoms with Gasteiger partial charge in [-0.1, -0.05) is 13.8 Å². The predicted octanol–water partition coefficient (Wildman–Crippen LogP) is 2.64. The summed E-state index contributed by atoms with van der Waals surface area (Å²) in [5.41, 5.74) is 3.48. The highest BCUT2D eigenvalue weighted by Gasteiger charge is 2.09. The average molecular weight is 247 g/mol. The molecule has 0 spiro atoms.